The summed E-state index contributed by atoms with van der Waals surface area (Å²) >= 11 is 0. The van der Waals surface area contributed by atoms with Crippen LogP contribution in [0.15, 0.2) is 60.8 Å². The zero-order valence-electron chi connectivity index (χ0n) is 56.8. The molecule has 0 aromatic rings. The summed E-state index contributed by atoms with van der Waals surface area (Å²) < 4.78 is 34.4. The van der Waals surface area contributed by atoms with Crippen molar-refractivity contribution in [3.63, 3.8) is 0 Å². The van der Waals surface area contributed by atoms with Gasteiger partial charge in [0.1, 0.15) is 73.2 Å². The van der Waals surface area contributed by atoms with Crippen molar-refractivity contribution in [1.29, 1.82) is 0 Å². The Morgan fingerprint density at radius 3 is 1.17 bits per heavy atom. The Kier molecular flexibility index (Phi) is 49.6. The Labute approximate surface area is 554 Å². The van der Waals surface area contributed by atoms with E-state index in [4.69, 9.17) is 28.4 Å². The molecule has 0 saturated carbocycles. The van der Waals surface area contributed by atoms with E-state index in [9.17, 15) is 61.0 Å². The smallest absolute Gasteiger partial charge is 0.220 e. The second-order valence-electron chi connectivity index (χ2n) is 26.0. The maximum Gasteiger partial charge on any atom is 0.220 e. The van der Waals surface area contributed by atoms with Crippen LogP contribution in [-0.2, 0) is 33.2 Å². The average molecular weight is 1310 g/mol. The Hall–Kier alpha value is -2.51. The normalized spacial score (nSPS) is 28.0. The highest BCUT2D eigenvalue weighted by Gasteiger charge is 2.53. The number of carbonyl (C=O) groups is 1. The highest BCUT2D eigenvalue weighted by atomic mass is 16.8. The van der Waals surface area contributed by atoms with Gasteiger partial charge in [0.05, 0.1) is 38.6 Å². The number of ether oxygens (including phenoxy) is 6. The molecule has 17 atom stereocenters. The fourth-order valence-electron chi connectivity index (χ4n) is 12.2. The lowest BCUT2D eigenvalue weighted by atomic mass is 9.96. The molecule has 3 fully saturated rings. The molecule has 0 radical (unpaired) electrons. The van der Waals surface area contributed by atoms with Crippen molar-refractivity contribution in [2.45, 2.75) is 369 Å². The number of carbonyl (C=O) groups excluding carboxylic acids is 1. The molecule has 3 saturated heterocycles. The van der Waals surface area contributed by atoms with E-state index in [0.29, 0.717) is 12.8 Å². The van der Waals surface area contributed by atoms with Gasteiger partial charge in [-0.3, -0.25) is 4.79 Å². The zero-order valence-corrected chi connectivity index (χ0v) is 56.8. The molecule has 12 N–H and O–H groups in total. The molecular formula is C73H131NO18. The van der Waals surface area contributed by atoms with Gasteiger partial charge in [-0.2, -0.15) is 0 Å². The summed E-state index contributed by atoms with van der Waals surface area (Å²) in [7, 11) is 0. The summed E-state index contributed by atoms with van der Waals surface area (Å²) in [5, 5.41) is 121. The van der Waals surface area contributed by atoms with Crippen LogP contribution in [0.5, 0.6) is 0 Å². The van der Waals surface area contributed by atoms with Gasteiger partial charge in [-0.25, -0.2) is 0 Å². The van der Waals surface area contributed by atoms with Crippen molar-refractivity contribution in [3.05, 3.63) is 60.8 Å². The lowest BCUT2D eigenvalue weighted by molar-refractivity contribution is -0.379. The van der Waals surface area contributed by atoms with Gasteiger partial charge in [0.15, 0.2) is 18.9 Å². The highest BCUT2D eigenvalue weighted by Crippen LogP contribution is 2.33. The van der Waals surface area contributed by atoms with Gasteiger partial charge < -0.3 is 89.9 Å². The molecule has 3 aliphatic heterocycles. The van der Waals surface area contributed by atoms with Gasteiger partial charge in [0.2, 0.25) is 5.91 Å². The van der Waals surface area contributed by atoms with Crippen molar-refractivity contribution in [2.75, 3.05) is 26.4 Å². The SMILES string of the molecule is CC/C=C\C/C=C\C/C=C\C/C=C\C/C=C\CCCCCCCCCCCCCCCCCCCC(=O)NC(COC1OC(CO)C(OC2OC(CO)C(OC3OC(CO)C(O)C(O)C3O)C(O)C2O)C(O)C1O)C(O)CCCCCCCCCCCCCCCC. The third kappa shape index (κ3) is 35.7. The molecule has 0 spiro atoms. The third-order valence-corrected chi connectivity index (χ3v) is 18.1. The molecule has 0 aliphatic carbocycles. The van der Waals surface area contributed by atoms with Crippen LogP contribution in [0.2, 0.25) is 0 Å². The Balaban J connectivity index is 1.35. The Morgan fingerprint density at radius 1 is 0.402 bits per heavy atom. The second-order valence-corrected chi connectivity index (χ2v) is 26.0. The molecule has 0 aromatic carbocycles. The van der Waals surface area contributed by atoms with Crippen molar-refractivity contribution < 1.29 is 89.4 Å². The van der Waals surface area contributed by atoms with Gasteiger partial charge in [-0.05, 0) is 57.8 Å². The number of hydrogen-bond acceptors (Lipinski definition) is 18. The number of aliphatic hydroxyl groups is 11. The van der Waals surface area contributed by atoms with Gasteiger partial charge in [-0.15, -0.1) is 0 Å². The number of rotatable bonds is 56. The zero-order chi connectivity index (χ0) is 66.8. The van der Waals surface area contributed by atoms with E-state index in [1.807, 2.05) is 0 Å². The molecule has 0 bridgehead atoms. The van der Waals surface area contributed by atoms with Crippen LogP contribution in [0.1, 0.15) is 264 Å². The van der Waals surface area contributed by atoms with E-state index in [0.717, 1.165) is 77.0 Å². The van der Waals surface area contributed by atoms with Crippen molar-refractivity contribution in [1.82, 2.24) is 5.32 Å². The van der Waals surface area contributed by atoms with Crippen LogP contribution in [-0.4, -0.2) is 193 Å². The lowest BCUT2D eigenvalue weighted by Crippen LogP contribution is -2.66. The van der Waals surface area contributed by atoms with Crippen LogP contribution >= 0.6 is 0 Å². The van der Waals surface area contributed by atoms with Gasteiger partial charge in [0, 0.05) is 6.42 Å². The van der Waals surface area contributed by atoms with E-state index in [2.05, 4.69) is 79.9 Å². The molecule has 1 amide bonds. The predicted octanol–water partition coefficient (Wildman–Crippen LogP) is 10.3. The molecule has 19 nitrogen and oxygen atoms in total. The van der Waals surface area contributed by atoms with Gasteiger partial charge in [-0.1, -0.05) is 261 Å². The second kappa shape index (κ2) is 54.5. The van der Waals surface area contributed by atoms with Crippen molar-refractivity contribution in [2.24, 2.45) is 0 Å². The van der Waals surface area contributed by atoms with E-state index in [-0.39, 0.29) is 18.9 Å². The summed E-state index contributed by atoms with van der Waals surface area (Å²) in [6.45, 7) is 1.69. The van der Waals surface area contributed by atoms with Crippen molar-refractivity contribution >= 4 is 5.91 Å². The molecule has 3 rings (SSSR count). The summed E-state index contributed by atoms with van der Waals surface area (Å²) in [6, 6.07) is -0.888. The summed E-state index contributed by atoms with van der Waals surface area (Å²) in [5.74, 6) is -0.242. The quantitative estimate of drug-likeness (QED) is 0.0199. The fourth-order valence-corrected chi connectivity index (χ4v) is 12.2. The predicted molar refractivity (Wildman–Crippen MR) is 360 cm³/mol. The van der Waals surface area contributed by atoms with Gasteiger partial charge >= 0.3 is 0 Å². The average Bonchev–Trinajstić information content (AvgIpc) is 0.840. The Morgan fingerprint density at radius 2 is 0.750 bits per heavy atom. The molecule has 3 heterocycles. The maximum atomic E-state index is 13.4. The lowest BCUT2D eigenvalue weighted by Gasteiger charge is -2.48. The minimum Gasteiger partial charge on any atom is -0.394 e. The van der Waals surface area contributed by atoms with E-state index in [1.165, 1.54) is 154 Å². The first kappa shape index (κ1) is 83.7. The first-order valence-electron chi connectivity index (χ1n) is 36.5. The highest BCUT2D eigenvalue weighted by molar-refractivity contribution is 5.76. The standard InChI is InChI=1S/C73H131NO18/c1-3-5-7-9-11-13-15-17-19-20-21-22-23-24-25-26-27-28-29-30-31-32-33-34-35-36-37-39-41-43-45-47-49-51-61(79)74-56(57(78)50-48-46-44-42-40-38-18-16-14-12-10-8-6-4-2)55-87-71-67(85)64(82)69(59(53-76)89-71)92-73-68(86)65(83)70(60(54-77)90-73)91-72-66(84)63(81)62(80)58(52-75)88-72/h5,7,11,13,17,19,21-22,24-25,56-60,62-73,75-78,80-86H,3-4,6,8-10,12,14-16,18,20,23,26-55H2,1-2H3,(H,74,79)/b7-5-,13-11-,19-17-,22-21-,25-24-. The molecule has 92 heavy (non-hydrogen) atoms. The number of nitrogens with one attached hydrogen (secondary N) is 1. The van der Waals surface area contributed by atoms with E-state index >= 15 is 0 Å². The van der Waals surface area contributed by atoms with Crippen molar-refractivity contribution in [3.8, 4) is 0 Å². The number of allylic oxidation sites excluding steroid dienone is 10. The topological polar surface area (TPSA) is 307 Å². The molecule has 536 valence electrons. The molecule has 19 heteroatoms. The van der Waals surface area contributed by atoms with E-state index < -0.39 is 124 Å². The molecule has 17 unspecified atom stereocenters. The number of unbranched alkanes of at least 4 members (excludes halogenated alkanes) is 30. The van der Waals surface area contributed by atoms with Crippen LogP contribution in [0.3, 0.4) is 0 Å². The molecule has 0 aromatic heterocycles. The van der Waals surface area contributed by atoms with Gasteiger partial charge in [0.25, 0.3) is 0 Å². The Bertz CT molecular complexity index is 1900. The minimum absolute atomic E-state index is 0.242. The molecular weight excluding hydrogens is 1180 g/mol. The molecule has 3 aliphatic rings. The monoisotopic (exact) mass is 1310 g/mol. The van der Waals surface area contributed by atoms with E-state index in [1.54, 1.807) is 0 Å². The number of amides is 1. The van der Waals surface area contributed by atoms with Crippen LogP contribution in [0.4, 0.5) is 0 Å². The first-order valence-corrected chi connectivity index (χ1v) is 36.5. The third-order valence-electron chi connectivity index (χ3n) is 18.1. The maximum absolute atomic E-state index is 13.4. The van der Waals surface area contributed by atoms with Crippen LogP contribution in [0.25, 0.3) is 0 Å². The largest absolute Gasteiger partial charge is 0.394 e. The summed E-state index contributed by atoms with van der Waals surface area (Å²) in [6.07, 6.45) is 40.2. The minimum atomic E-state index is -1.97. The number of hydrogen-bond donors (Lipinski definition) is 12. The van der Waals surface area contributed by atoms with Crippen LogP contribution < -0.4 is 5.32 Å². The first-order chi connectivity index (χ1) is 44.8. The fraction of sp³-hybridized carbons (Fsp3) is 0.849. The summed E-state index contributed by atoms with van der Waals surface area (Å²) in [4.78, 5) is 13.4. The summed E-state index contributed by atoms with van der Waals surface area (Å²) in [5.41, 5.74) is 0. The van der Waals surface area contributed by atoms with Crippen LogP contribution in [0, 0.1) is 0 Å². The number of aliphatic hydroxyl groups excluding tert-OH is 11.